The van der Waals surface area contributed by atoms with Crippen molar-refractivity contribution in [3.63, 3.8) is 0 Å². The molecule has 0 bridgehead atoms. The van der Waals surface area contributed by atoms with Crippen LogP contribution in [0.15, 0.2) is 6.33 Å². The van der Waals surface area contributed by atoms with Gasteiger partial charge in [0, 0.05) is 13.0 Å². The molecular weight excluding hydrogens is 236 g/mol. The monoisotopic (exact) mass is 254 g/mol. The number of hydrogen-bond acceptors (Lipinski definition) is 4. The Bertz CT molecular complexity index is 402. The molecular formula is C11H18N4O3. The van der Waals surface area contributed by atoms with Crippen LogP contribution in [0.5, 0.6) is 0 Å². The van der Waals surface area contributed by atoms with E-state index >= 15 is 0 Å². The summed E-state index contributed by atoms with van der Waals surface area (Å²) in [5.41, 5.74) is 0. The molecule has 1 aromatic rings. The van der Waals surface area contributed by atoms with Gasteiger partial charge >= 0.3 is 5.97 Å². The van der Waals surface area contributed by atoms with Crippen LogP contribution in [0.4, 0.5) is 5.95 Å². The molecule has 1 rings (SSSR count). The molecule has 0 spiro atoms. The van der Waals surface area contributed by atoms with Gasteiger partial charge in [0.15, 0.2) is 0 Å². The van der Waals surface area contributed by atoms with E-state index in [1.807, 2.05) is 13.8 Å². The predicted molar refractivity (Wildman–Crippen MR) is 65.0 cm³/mol. The molecule has 0 aromatic carbocycles. The standard InChI is InChI=1S/C11H18N4O3/c1-7(2)4-9(16)15(5-8(3)10(17)18)11-12-6-13-14-11/h6-8H,4-5H2,1-3H3,(H,17,18)(H,12,13,14). The van der Waals surface area contributed by atoms with Gasteiger partial charge in [-0.05, 0) is 5.92 Å². The molecule has 1 atom stereocenters. The Morgan fingerprint density at radius 3 is 2.56 bits per heavy atom. The molecule has 7 heteroatoms. The van der Waals surface area contributed by atoms with E-state index in [9.17, 15) is 9.59 Å². The third kappa shape index (κ3) is 3.83. The van der Waals surface area contributed by atoms with Gasteiger partial charge in [0.2, 0.25) is 11.9 Å². The number of aromatic nitrogens is 3. The second-order valence-corrected chi connectivity index (χ2v) is 4.65. The highest BCUT2D eigenvalue weighted by molar-refractivity contribution is 5.92. The van der Waals surface area contributed by atoms with Gasteiger partial charge < -0.3 is 5.11 Å². The highest BCUT2D eigenvalue weighted by Gasteiger charge is 2.24. The highest BCUT2D eigenvalue weighted by atomic mass is 16.4. The predicted octanol–water partition coefficient (Wildman–Crippen LogP) is 0.905. The Balaban J connectivity index is 2.82. The normalized spacial score (nSPS) is 12.4. The summed E-state index contributed by atoms with van der Waals surface area (Å²) in [6.07, 6.45) is 1.63. The van der Waals surface area contributed by atoms with Gasteiger partial charge in [0.1, 0.15) is 6.33 Å². The average Bonchev–Trinajstić information content (AvgIpc) is 2.77. The zero-order chi connectivity index (χ0) is 13.7. The van der Waals surface area contributed by atoms with Gasteiger partial charge in [-0.15, -0.1) is 0 Å². The minimum atomic E-state index is -0.947. The first-order valence-electron chi connectivity index (χ1n) is 5.80. The average molecular weight is 254 g/mol. The van der Waals surface area contributed by atoms with Gasteiger partial charge in [-0.3, -0.25) is 14.5 Å². The molecule has 0 aliphatic heterocycles. The first-order chi connectivity index (χ1) is 8.41. The number of nitrogens with one attached hydrogen (secondary N) is 1. The van der Waals surface area contributed by atoms with E-state index in [4.69, 9.17) is 5.11 Å². The van der Waals surface area contributed by atoms with Crippen molar-refractivity contribution in [1.82, 2.24) is 15.2 Å². The summed E-state index contributed by atoms with van der Waals surface area (Å²) < 4.78 is 0. The van der Waals surface area contributed by atoms with Crippen LogP contribution in [-0.4, -0.2) is 38.7 Å². The summed E-state index contributed by atoms with van der Waals surface area (Å²) >= 11 is 0. The molecule has 2 N–H and O–H groups in total. The fourth-order valence-corrected chi connectivity index (χ4v) is 1.45. The number of rotatable bonds is 6. The number of amides is 1. The quantitative estimate of drug-likeness (QED) is 0.785. The van der Waals surface area contributed by atoms with Gasteiger partial charge in [-0.1, -0.05) is 20.8 Å². The number of carbonyl (C=O) groups is 2. The molecule has 0 fully saturated rings. The molecule has 1 aromatic heterocycles. The Kier molecular flexibility index (Phi) is 4.82. The van der Waals surface area contributed by atoms with Gasteiger partial charge in [-0.2, -0.15) is 10.1 Å². The first kappa shape index (κ1) is 14.1. The van der Waals surface area contributed by atoms with Gasteiger partial charge in [-0.25, -0.2) is 5.10 Å². The van der Waals surface area contributed by atoms with Crippen LogP contribution in [0.25, 0.3) is 0 Å². The molecule has 1 heterocycles. The number of carbonyl (C=O) groups excluding carboxylic acids is 1. The zero-order valence-corrected chi connectivity index (χ0v) is 10.8. The topological polar surface area (TPSA) is 99.2 Å². The van der Waals surface area contributed by atoms with Gasteiger partial charge in [0.25, 0.3) is 0 Å². The van der Waals surface area contributed by atoms with Crippen LogP contribution < -0.4 is 4.90 Å². The SMILES string of the molecule is CC(C)CC(=O)N(CC(C)C(=O)O)c1ncn[nH]1. The maximum atomic E-state index is 12.1. The number of H-pyrrole nitrogens is 1. The smallest absolute Gasteiger partial charge is 0.308 e. The number of anilines is 1. The van der Waals surface area contributed by atoms with Crippen LogP contribution in [0.1, 0.15) is 27.2 Å². The van der Waals surface area contributed by atoms with Crippen molar-refractivity contribution in [2.45, 2.75) is 27.2 Å². The molecule has 0 radical (unpaired) electrons. The van der Waals surface area contributed by atoms with E-state index in [-0.39, 0.29) is 24.3 Å². The molecule has 100 valence electrons. The summed E-state index contributed by atoms with van der Waals surface area (Å²) in [6, 6.07) is 0. The van der Waals surface area contributed by atoms with E-state index < -0.39 is 11.9 Å². The van der Waals surface area contributed by atoms with E-state index in [1.165, 1.54) is 11.2 Å². The molecule has 0 saturated heterocycles. The number of aliphatic carboxylic acids is 1. The number of carboxylic acids is 1. The van der Waals surface area contributed by atoms with Crippen LogP contribution in [0.3, 0.4) is 0 Å². The van der Waals surface area contributed by atoms with Crippen molar-refractivity contribution in [3.05, 3.63) is 6.33 Å². The Morgan fingerprint density at radius 1 is 1.44 bits per heavy atom. The van der Waals surface area contributed by atoms with Crippen molar-refractivity contribution < 1.29 is 14.7 Å². The maximum absolute atomic E-state index is 12.1. The fraction of sp³-hybridized carbons (Fsp3) is 0.636. The van der Waals surface area contributed by atoms with Crippen LogP contribution in [-0.2, 0) is 9.59 Å². The lowest BCUT2D eigenvalue weighted by atomic mass is 10.1. The Labute approximate surface area is 105 Å². The summed E-state index contributed by atoms with van der Waals surface area (Å²) in [5.74, 6) is -1.28. The molecule has 0 saturated carbocycles. The van der Waals surface area contributed by atoms with E-state index in [1.54, 1.807) is 6.92 Å². The lowest BCUT2D eigenvalue weighted by molar-refractivity contribution is -0.140. The second-order valence-electron chi connectivity index (χ2n) is 4.65. The van der Waals surface area contributed by atoms with E-state index in [0.29, 0.717) is 6.42 Å². The first-order valence-corrected chi connectivity index (χ1v) is 5.80. The van der Waals surface area contributed by atoms with Crippen LogP contribution in [0, 0.1) is 11.8 Å². The van der Waals surface area contributed by atoms with Crippen molar-refractivity contribution in [1.29, 1.82) is 0 Å². The third-order valence-corrected chi connectivity index (χ3v) is 2.42. The van der Waals surface area contributed by atoms with E-state index in [0.717, 1.165) is 0 Å². The fourth-order valence-electron chi connectivity index (χ4n) is 1.45. The lowest BCUT2D eigenvalue weighted by Gasteiger charge is -2.22. The molecule has 7 nitrogen and oxygen atoms in total. The van der Waals surface area contributed by atoms with Crippen LogP contribution in [0.2, 0.25) is 0 Å². The summed E-state index contributed by atoms with van der Waals surface area (Å²) in [4.78, 5) is 28.2. The molecule has 1 amide bonds. The number of carboxylic acid groups (broad SMARTS) is 1. The van der Waals surface area contributed by atoms with Crippen LogP contribution >= 0.6 is 0 Å². The largest absolute Gasteiger partial charge is 0.481 e. The minimum Gasteiger partial charge on any atom is -0.481 e. The minimum absolute atomic E-state index is 0.0794. The molecule has 18 heavy (non-hydrogen) atoms. The van der Waals surface area contributed by atoms with Gasteiger partial charge in [0.05, 0.1) is 5.92 Å². The third-order valence-electron chi connectivity index (χ3n) is 2.42. The summed E-state index contributed by atoms with van der Waals surface area (Å²) in [7, 11) is 0. The lowest BCUT2D eigenvalue weighted by Crippen LogP contribution is -2.38. The van der Waals surface area contributed by atoms with Crippen molar-refractivity contribution in [2.24, 2.45) is 11.8 Å². The summed E-state index contributed by atoms with van der Waals surface area (Å²) in [6.45, 7) is 5.48. The van der Waals surface area contributed by atoms with Crippen molar-refractivity contribution in [3.8, 4) is 0 Å². The molecule has 0 aliphatic carbocycles. The number of nitrogens with zero attached hydrogens (tertiary/aromatic N) is 3. The highest BCUT2D eigenvalue weighted by Crippen LogP contribution is 2.13. The second kappa shape index (κ2) is 6.13. The Morgan fingerprint density at radius 2 is 2.11 bits per heavy atom. The summed E-state index contributed by atoms with van der Waals surface area (Å²) in [5, 5.41) is 15.2. The Hall–Kier alpha value is -1.92. The number of hydrogen-bond donors (Lipinski definition) is 2. The van der Waals surface area contributed by atoms with Crippen molar-refractivity contribution in [2.75, 3.05) is 11.4 Å². The zero-order valence-electron chi connectivity index (χ0n) is 10.8. The molecule has 1 unspecified atom stereocenters. The molecule has 0 aliphatic rings. The van der Waals surface area contributed by atoms with E-state index in [2.05, 4.69) is 15.2 Å². The maximum Gasteiger partial charge on any atom is 0.308 e. The van der Waals surface area contributed by atoms with Crippen molar-refractivity contribution >= 4 is 17.8 Å². The number of aromatic amines is 1.